The van der Waals surface area contributed by atoms with Crippen LogP contribution in [0.3, 0.4) is 0 Å². The van der Waals surface area contributed by atoms with Crippen LogP contribution >= 0.6 is 11.6 Å². The van der Waals surface area contributed by atoms with E-state index in [2.05, 4.69) is 26.9 Å². The van der Waals surface area contributed by atoms with E-state index in [1.165, 1.54) is 0 Å². The number of nitrogens with zero attached hydrogens (tertiary/aromatic N) is 2. The highest BCUT2D eigenvalue weighted by Gasteiger charge is 2.16. The topological polar surface area (TPSA) is 49.3 Å². The Balaban J connectivity index is 1.89. The fourth-order valence-corrected chi connectivity index (χ4v) is 2.33. The molecule has 0 saturated carbocycles. The average molecular weight is 287 g/mol. The van der Waals surface area contributed by atoms with Gasteiger partial charge in [-0.1, -0.05) is 23.7 Å². The number of hydrogen-bond acceptors (Lipinski definition) is 4. The van der Waals surface area contributed by atoms with Gasteiger partial charge < -0.3 is 5.32 Å². The minimum atomic E-state index is 0.660. The lowest BCUT2D eigenvalue weighted by Crippen LogP contribution is -2.21. The highest BCUT2D eigenvalue weighted by atomic mass is 35.5. The maximum atomic E-state index is 6.11. The second-order valence-electron chi connectivity index (χ2n) is 4.68. The van der Waals surface area contributed by atoms with E-state index in [-0.39, 0.29) is 0 Å². The Hall–Kier alpha value is -2.07. The molecule has 0 atom stereocenters. The number of aryl methyl sites for hydroxylation is 1. The Bertz CT molecular complexity index is 667. The van der Waals surface area contributed by atoms with Crippen LogP contribution in [0.5, 0.6) is 0 Å². The number of anilines is 2. The number of para-hydroxylation sites is 1. The molecular formula is C15H15ClN4. The van der Waals surface area contributed by atoms with Crippen LogP contribution in [-0.2, 0) is 0 Å². The van der Waals surface area contributed by atoms with Crippen molar-refractivity contribution in [3.63, 3.8) is 0 Å². The van der Waals surface area contributed by atoms with E-state index in [0.717, 1.165) is 41.4 Å². The molecule has 2 aromatic rings. The van der Waals surface area contributed by atoms with Crippen molar-refractivity contribution >= 4 is 28.8 Å². The number of hydrazone groups is 1. The number of fused-ring (bicyclic) bond motifs is 1. The highest BCUT2D eigenvalue weighted by Crippen LogP contribution is 2.23. The van der Waals surface area contributed by atoms with Gasteiger partial charge in [0.25, 0.3) is 0 Å². The van der Waals surface area contributed by atoms with Crippen LogP contribution in [0.1, 0.15) is 17.7 Å². The number of hydrogen-bond donors (Lipinski definition) is 2. The first-order chi connectivity index (χ1) is 9.74. The van der Waals surface area contributed by atoms with Gasteiger partial charge in [0.05, 0.1) is 16.4 Å². The summed E-state index contributed by atoms with van der Waals surface area (Å²) in [4.78, 5) is 4.49. The summed E-state index contributed by atoms with van der Waals surface area (Å²) in [7, 11) is 0. The van der Waals surface area contributed by atoms with Crippen LogP contribution in [0.15, 0.2) is 41.5 Å². The van der Waals surface area contributed by atoms with Gasteiger partial charge in [-0.15, -0.1) is 0 Å². The number of aromatic nitrogens is 1. The molecule has 0 bridgehead atoms. The zero-order valence-electron chi connectivity index (χ0n) is 11.2. The molecule has 1 aromatic carbocycles. The molecule has 20 heavy (non-hydrogen) atoms. The summed E-state index contributed by atoms with van der Waals surface area (Å²) in [6.45, 7) is 2.82. The van der Waals surface area contributed by atoms with Crippen molar-refractivity contribution in [2.45, 2.75) is 13.3 Å². The van der Waals surface area contributed by atoms with Crippen molar-refractivity contribution in [1.29, 1.82) is 0 Å². The van der Waals surface area contributed by atoms with Crippen LogP contribution in [0.25, 0.3) is 0 Å². The first-order valence-electron chi connectivity index (χ1n) is 6.53. The van der Waals surface area contributed by atoms with E-state index in [1.54, 1.807) is 0 Å². The lowest BCUT2D eigenvalue weighted by molar-refractivity contribution is 1.02. The van der Waals surface area contributed by atoms with Crippen molar-refractivity contribution in [3.05, 3.63) is 52.7 Å². The number of nitrogens with one attached hydrogen (secondary N) is 2. The van der Waals surface area contributed by atoms with Crippen LogP contribution in [0.4, 0.5) is 11.5 Å². The Labute approximate surface area is 122 Å². The lowest BCUT2D eigenvalue weighted by Gasteiger charge is -2.19. The normalized spacial score (nSPS) is 15.6. The molecule has 102 valence electrons. The quantitative estimate of drug-likeness (QED) is 0.828. The van der Waals surface area contributed by atoms with E-state index in [0.29, 0.717) is 5.02 Å². The van der Waals surface area contributed by atoms with Crippen LogP contribution in [0, 0.1) is 6.92 Å². The summed E-state index contributed by atoms with van der Waals surface area (Å²) < 4.78 is 0. The highest BCUT2D eigenvalue weighted by molar-refractivity contribution is 6.33. The summed E-state index contributed by atoms with van der Waals surface area (Å²) in [5.41, 5.74) is 6.88. The molecular weight excluding hydrogens is 272 g/mol. The summed E-state index contributed by atoms with van der Waals surface area (Å²) >= 11 is 6.11. The molecule has 0 aliphatic carbocycles. The van der Waals surface area contributed by atoms with E-state index in [1.807, 2.05) is 37.3 Å². The molecule has 0 radical (unpaired) electrons. The van der Waals surface area contributed by atoms with Gasteiger partial charge in [-0.05, 0) is 31.2 Å². The fourth-order valence-electron chi connectivity index (χ4n) is 2.15. The molecule has 1 aliphatic rings. The van der Waals surface area contributed by atoms with Gasteiger partial charge in [-0.3, -0.25) is 5.43 Å². The summed E-state index contributed by atoms with van der Waals surface area (Å²) in [5, 5.41) is 8.44. The fraction of sp³-hybridized carbons (Fsp3) is 0.200. The second kappa shape index (κ2) is 5.51. The van der Waals surface area contributed by atoms with Crippen molar-refractivity contribution in [1.82, 2.24) is 4.98 Å². The Morgan fingerprint density at radius 1 is 1.25 bits per heavy atom. The van der Waals surface area contributed by atoms with Crippen molar-refractivity contribution in [2.24, 2.45) is 5.10 Å². The molecule has 0 fully saturated rings. The van der Waals surface area contributed by atoms with Crippen LogP contribution in [-0.4, -0.2) is 17.2 Å². The van der Waals surface area contributed by atoms with Gasteiger partial charge in [0, 0.05) is 24.2 Å². The maximum absolute atomic E-state index is 6.11. The average Bonchev–Trinajstić information content (AvgIpc) is 2.46. The first-order valence-corrected chi connectivity index (χ1v) is 6.91. The Morgan fingerprint density at radius 3 is 2.95 bits per heavy atom. The predicted octanol–water partition coefficient (Wildman–Crippen LogP) is 3.68. The molecule has 0 saturated heterocycles. The van der Waals surface area contributed by atoms with E-state index >= 15 is 0 Å². The third-order valence-electron chi connectivity index (χ3n) is 3.18. The smallest absolute Gasteiger partial charge is 0.135 e. The number of pyridine rings is 1. The second-order valence-corrected chi connectivity index (χ2v) is 5.08. The lowest BCUT2D eigenvalue weighted by atomic mass is 10.0. The molecule has 2 N–H and O–H groups in total. The number of halogens is 1. The van der Waals surface area contributed by atoms with Crippen LogP contribution in [0.2, 0.25) is 5.02 Å². The third-order valence-corrected chi connectivity index (χ3v) is 3.51. The molecule has 2 heterocycles. The third kappa shape index (κ3) is 2.60. The standard InChI is InChI=1S/C15H15ClN4/c1-10-6-7-11-13(8-9-17-15(11)18-10)19-20-14-5-3-2-4-12(14)16/h2-7,20H,8-9H2,1H3,(H,17,18)/b19-13+. The minimum Gasteiger partial charge on any atom is -0.369 e. The van der Waals surface area contributed by atoms with E-state index in [9.17, 15) is 0 Å². The van der Waals surface area contributed by atoms with Crippen molar-refractivity contribution in [3.8, 4) is 0 Å². The predicted molar refractivity (Wildman–Crippen MR) is 83.7 cm³/mol. The molecule has 0 amide bonds. The minimum absolute atomic E-state index is 0.660. The Morgan fingerprint density at radius 2 is 2.10 bits per heavy atom. The number of benzene rings is 1. The van der Waals surface area contributed by atoms with Gasteiger partial charge in [0.15, 0.2) is 0 Å². The van der Waals surface area contributed by atoms with Gasteiger partial charge in [0.2, 0.25) is 0 Å². The Kier molecular flexibility index (Phi) is 3.56. The van der Waals surface area contributed by atoms with Gasteiger partial charge in [-0.25, -0.2) is 4.98 Å². The van der Waals surface area contributed by atoms with Crippen LogP contribution < -0.4 is 10.7 Å². The molecule has 0 spiro atoms. The van der Waals surface area contributed by atoms with E-state index < -0.39 is 0 Å². The van der Waals surface area contributed by atoms with Crippen molar-refractivity contribution in [2.75, 3.05) is 17.3 Å². The largest absolute Gasteiger partial charge is 0.369 e. The molecule has 1 aromatic heterocycles. The molecule has 5 heteroatoms. The molecule has 4 nitrogen and oxygen atoms in total. The first kappa shape index (κ1) is 12.9. The summed E-state index contributed by atoms with van der Waals surface area (Å²) in [6, 6.07) is 11.6. The maximum Gasteiger partial charge on any atom is 0.135 e. The van der Waals surface area contributed by atoms with E-state index in [4.69, 9.17) is 11.6 Å². The number of rotatable bonds is 2. The summed E-state index contributed by atoms with van der Waals surface area (Å²) in [6.07, 6.45) is 0.856. The van der Waals surface area contributed by atoms with Crippen molar-refractivity contribution < 1.29 is 0 Å². The van der Waals surface area contributed by atoms with Gasteiger partial charge >= 0.3 is 0 Å². The zero-order valence-corrected chi connectivity index (χ0v) is 11.9. The van der Waals surface area contributed by atoms with Gasteiger partial charge in [0.1, 0.15) is 5.82 Å². The SMILES string of the molecule is Cc1ccc2c(n1)NCC/C2=N\Nc1ccccc1Cl. The van der Waals surface area contributed by atoms with Gasteiger partial charge in [-0.2, -0.15) is 5.10 Å². The molecule has 1 aliphatic heterocycles. The zero-order chi connectivity index (χ0) is 13.9. The summed E-state index contributed by atoms with van der Waals surface area (Å²) in [5.74, 6) is 0.899. The molecule has 0 unspecified atom stereocenters. The monoisotopic (exact) mass is 286 g/mol. The molecule has 3 rings (SSSR count).